The van der Waals surface area contributed by atoms with Crippen molar-refractivity contribution < 1.29 is 4.79 Å². The number of halogens is 1. The molecule has 0 amide bonds. The minimum absolute atomic E-state index is 0.314. The number of benzene rings is 2. The van der Waals surface area contributed by atoms with Crippen molar-refractivity contribution in [3.8, 4) is 0 Å². The van der Waals surface area contributed by atoms with Crippen LogP contribution >= 0.6 is 11.6 Å². The maximum atomic E-state index is 12.3. The van der Waals surface area contributed by atoms with Crippen LogP contribution in [0.25, 0.3) is 10.8 Å². The predicted octanol–water partition coefficient (Wildman–Crippen LogP) is 4.17. The minimum atomic E-state index is -1.60. The van der Waals surface area contributed by atoms with Gasteiger partial charge in [-0.3, -0.25) is 4.79 Å². The van der Waals surface area contributed by atoms with E-state index in [1.54, 1.807) is 0 Å². The lowest BCUT2D eigenvalue weighted by molar-refractivity contribution is 0.0995. The molecule has 98 valence electrons. The smallest absolute Gasteiger partial charge is 0.163 e. The van der Waals surface area contributed by atoms with Crippen LogP contribution in [0.1, 0.15) is 22.3 Å². The van der Waals surface area contributed by atoms with Crippen molar-refractivity contribution in [2.45, 2.75) is 32.5 Å². The van der Waals surface area contributed by atoms with Crippen LogP contribution in [0.2, 0.25) is 24.7 Å². The van der Waals surface area contributed by atoms with E-state index in [1.165, 1.54) is 16.1 Å². The van der Waals surface area contributed by atoms with Crippen molar-refractivity contribution >= 4 is 41.4 Å². The first-order valence-corrected chi connectivity index (χ1v) is 10.5. The number of hydrogen-bond donors (Lipinski definition) is 0. The molecular formula is C16H17ClOSi. The highest BCUT2D eigenvalue weighted by Crippen LogP contribution is 2.31. The molecular weight excluding hydrogens is 272 g/mol. The summed E-state index contributed by atoms with van der Waals surface area (Å²) in [7, 11) is -1.60. The van der Waals surface area contributed by atoms with Gasteiger partial charge in [-0.15, -0.1) is 0 Å². The van der Waals surface area contributed by atoms with Crippen LogP contribution < -0.4 is 5.19 Å². The van der Waals surface area contributed by atoms with Crippen molar-refractivity contribution in [1.82, 2.24) is 0 Å². The van der Waals surface area contributed by atoms with Crippen LogP contribution in [0, 0.1) is 0 Å². The number of aryl methyl sites for hydroxylation is 1. The molecule has 0 aliphatic heterocycles. The first-order valence-electron chi connectivity index (χ1n) is 6.67. The van der Waals surface area contributed by atoms with E-state index in [0.717, 1.165) is 22.4 Å². The number of rotatable bonds is 1. The average Bonchev–Trinajstić information content (AvgIpc) is 2.68. The molecule has 2 aromatic carbocycles. The SMILES string of the molecule is C[Si](C)(C)c1c2c(cc3c(Cl)cccc13)CCC2=O. The summed E-state index contributed by atoms with van der Waals surface area (Å²) in [6.07, 6.45) is 1.52. The van der Waals surface area contributed by atoms with Crippen LogP contribution in [0.15, 0.2) is 24.3 Å². The molecule has 0 saturated heterocycles. The minimum Gasteiger partial charge on any atom is -0.294 e. The molecule has 0 unspecified atom stereocenters. The fourth-order valence-electron chi connectivity index (χ4n) is 3.11. The normalized spacial score (nSPS) is 15.1. The van der Waals surface area contributed by atoms with Gasteiger partial charge in [0, 0.05) is 22.4 Å². The zero-order chi connectivity index (χ0) is 13.8. The van der Waals surface area contributed by atoms with E-state index in [0.29, 0.717) is 12.2 Å². The summed E-state index contributed by atoms with van der Waals surface area (Å²) in [5.41, 5.74) is 2.21. The Morgan fingerprint density at radius 2 is 1.84 bits per heavy atom. The Morgan fingerprint density at radius 3 is 2.53 bits per heavy atom. The van der Waals surface area contributed by atoms with E-state index in [4.69, 9.17) is 11.6 Å². The van der Waals surface area contributed by atoms with E-state index in [9.17, 15) is 4.79 Å². The van der Waals surface area contributed by atoms with Gasteiger partial charge in [0.05, 0.1) is 8.07 Å². The second-order valence-electron chi connectivity index (χ2n) is 6.29. The monoisotopic (exact) mass is 288 g/mol. The van der Waals surface area contributed by atoms with Crippen LogP contribution in [0.4, 0.5) is 0 Å². The van der Waals surface area contributed by atoms with E-state index in [-0.39, 0.29) is 0 Å². The number of Topliss-reactive ketones (excluding diaryl/α,β-unsaturated/α-hetero) is 1. The summed E-state index contributed by atoms with van der Waals surface area (Å²) in [6, 6.07) is 8.16. The Bertz CT molecular complexity index is 698. The molecule has 0 atom stereocenters. The Balaban J connectivity index is 2.52. The van der Waals surface area contributed by atoms with Gasteiger partial charge in [0.2, 0.25) is 0 Å². The van der Waals surface area contributed by atoms with E-state index < -0.39 is 8.07 Å². The maximum absolute atomic E-state index is 12.3. The molecule has 3 heteroatoms. The average molecular weight is 289 g/mol. The summed E-state index contributed by atoms with van der Waals surface area (Å²) in [4.78, 5) is 12.3. The predicted molar refractivity (Wildman–Crippen MR) is 84.6 cm³/mol. The first kappa shape index (κ1) is 12.9. The molecule has 0 spiro atoms. The molecule has 0 saturated carbocycles. The van der Waals surface area contributed by atoms with Gasteiger partial charge >= 0.3 is 0 Å². The number of hydrogen-bond acceptors (Lipinski definition) is 1. The molecule has 3 rings (SSSR count). The summed E-state index contributed by atoms with van der Waals surface area (Å²) in [5.74, 6) is 0.314. The second-order valence-corrected chi connectivity index (χ2v) is 11.7. The molecule has 0 bridgehead atoms. The van der Waals surface area contributed by atoms with Crippen molar-refractivity contribution in [3.05, 3.63) is 40.4 Å². The first-order chi connectivity index (χ1) is 8.89. The third-order valence-electron chi connectivity index (χ3n) is 3.86. The van der Waals surface area contributed by atoms with Gasteiger partial charge in [-0.25, -0.2) is 0 Å². The highest BCUT2D eigenvalue weighted by molar-refractivity contribution is 6.91. The lowest BCUT2D eigenvalue weighted by atomic mass is 10.0. The number of carbonyl (C=O) groups excluding carboxylic acids is 1. The fourth-order valence-corrected chi connectivity index (χ4v) is 5.42. The Hall–Kier alpha value is -1.12. The highest BCUT2D eigenvalue weighted by atomic mass is 35.5. The molecule has 2 aromatic rings. The molecule has 0 radical (unpaired) electrons. The van der Waals surface area contributed by atoms with Gasteiger partial charge in [-0.2, -0.15) is 0 Å². The van der Waals surface area contributed by atoms with Crippen molar-refractivity contribution in [1.29, 1.82) is 0 Å². The molecule has 0 heterocycles. The Labute approximate surface area is 119 Å². The van der Waals surface area contributed by atoms with Gasteiger partial charge in [-0.05, 0) is 34.7 Å². The lowest BCUT2D eigenvalue weighted by Crippen LogP contribution is -2.41. The number of carbonyl (C=O) groups is 1. The molecule has 1 aliphatic carbocycles. The fraction of sp³-hybridized carbons (Fsp3) is 0.312. The Kier molecular flexibility index (Phi) is 2.84. The second kappa shape index (κ2) is 4.19. The molecule has 0 aromatic heterocycles. The van der Waals surface area contributed by atoms with Gasteiger partial charge < -0.3 is 0 Å². The van der Waals surface area contributed by atoms with Crippen molar-refractivity contribution in [3.63, 3.8) is 0 Å². The van der Waals surface area contributed by atoms with Crippen LogP contribution in [0.5, 0.6) is 0 Å². The number of ketones is 1. The van der Waals surface area contributed by atoms with Crippen LogP contribution in [0.3, 0.4) is 0 Å². The molecule has 1 aliphatic rings. The molecule has 19 heavy (non-hydrogen) atoms. The number of fused-ring (bicyclic) bond motifs is 2. The van der Waals surface area contributed by atoms with E-state index in [1.807, 2.05) is 12.1 Å². The van der Waals surface area contributed by atoms with Gasteiger partial charge in [0.1, 0.15) is 0 Å². The molecule has 0 fully saturated rings. The topological polar surface area (TPSA) is 17.1 Å². The maximum Gasteiger partial charge on any atom is 0.163 e. The van der Waals surface area contributed by atoms with Gasteiger partial charge in [-0.1, -0.05) is 43.4 Å². The van der Waals surface area contributed by atoms with Crippen molar-refractivity contribution in [2.24, 2.45) is 0 Å². The third-order valence-corrected chi connectivity index (χ3v) is 6.21. The highest BCUT2D eigenvalue weighted by Gasteiger charge is 2.31. The standard InChI is InChI=1S/C16H17ClOSi/c1-19(2,3)16-11-5-4-6-13(17)12(11)9-10-7-8-14(18)15(10)16/h4-6,9H,7-8H2,1-3H3. The zero-order valence-corrected chi connectivity index (χ0v) is 13.3. The van der Waals surface area contributed by atoms with Crippen LogP contribution in [-0.4, -0.2) is 13.9 Å². The third kappa shape index (κ3) is 1.94. The molecule has 1 nitrogen and oxygen atoms in total. The van der Waals surface area contributed by atoms with E-state index in [2.05, 4.69) is 31.8 Å². The quantitative estimate of drug-likeness (QED) is 0.720. The van der Waals surface area contributed by atoms with Gasteiger partial charge in [0.25, 0.3) is 0 Å². The van der Waals surface area contributed by atoms with Gasteiger partial charge in [0.15, 0.2) is 5.78 Å². The lowest BCUT2D eigenvalue weighted by Gasteiger charge is -2.23. The zero-order valence-electron chi connectivity index (χ0n) is 11.5. The summed E-state index contributed by atoms with van der Waals surface area (Å²) >= 11 is 6.35. The van der Waals surface area contributed by atoms with Crippen LogP contribution in [-0.2, 0) is 6.42 Å². The largest absolute Gasteiger partial charge is 0.294 e. The summed E-state index contributed by atoms with van der Waals surface area (Å²) in [5, 5.41) is 4.37. The van der Waals surface area contributed by atoms with Crippen molar-refractivity contribution in [2.75, 3.05) is 0 Å². The summed E-state index contributed by atoms with van der Waals surface area (Å²) < 4.78 is 0. The molecule has 0 N–H and O–H groups in total. The Morgan fingerprint density at radius 1 is 1.11 bits per heavy atom. The summed E-state index contributed by atoms with van der Waals surface area (Å²) in [6.45, 7) is 6.90. The van der Waals surface area contributed by atoms with E-state index >= 15 is 0 Å².